The molecule has 236 valence electrons. The lowest BCUT2D eigenvalue weighted by Gasteiger charge is -2.41. The van der Waals surface area contributed by atoms with Gasteiger partial charge in [-0.1, -0.05) is 20.4 Å². The minimum atomic E-state index is -0.658. The maximum atomic E-state index is 16.0. The van der Waals surface area contributed by atoms with Gasteiger partial charge in [-0.3, -0.25) is 9.78 Å². The first-order valence-corrected chi connectivity index (χ1v) is 15.4. The number of nitrogens with zero attached hydrogens (tertiary/aromatic N) is 5. The molecule has 1 saturated carbocycles. The molecular formula is C32H39F3N6O2S. The number of pyridine rings is 1. The molecule has 2 saturated heterocycles. The second-order valence-corrected chi connectivity index (χ2v) is 12.5. The smallest absolute Gasteiger partial charge is 0.318 e. The van der Waals surface area contributed by atoms with Crippen molar-refractivity contribution in [3.05, 3.63) is 48.2 Å². The predicted octanol–water partition coefficient (Wildman–Crippen LogP) is 5.85. The number of fused-ring (bicyclic) bond motifs is 1. The van der Waals surface area contributed by atoms with Crippen LogP contribution in [-0.2, 0) is 4.79 Å². The van der Waals surface area contributed by atoms with Gasteiger partial charge in [0, 0.05) is 48.4 Å². The van der Waals surface area contributed by atoms with Crippen molar-refractivity contribution in [3.63, 3.8) is 0 Å². The van der Waals surface area contributed by atoms with E-state index in [1.165, 1.54) is 44.4 Å². The Hall–Kier alpha value is -3.38. The molecule has 0 bridgehead atoms. The van der Waals surface area contributed by atoms with Crippen molar-refractivity contribution in [2.45, 2.75) is 74.5 Å². The van der Waals surface area contributed by atoms with Crippen molar-refractivity contribution < 1.29 is 22.7 Å². The van der Waals surface area contributed by atoms with Gasteiger partial charge in [-0.05, 0) is 68.3 Å². The highest BCUT2D eigenvalue weighted by molar-refractivity contribution is 7.80. The number of thiol groups is 1. The summed E-state index contributed by atoms with van der Waals surface area (Å²) in [7, 11) is 3.25. The molecule has 1 aliphatic carbocycles. The molecule has 2 aliphatic heterocycles. The molecule has 2 aromatic heterocycles. The minimum absolute atomic E-state index is 0.00509. The van der Waals surface area contributed by atoms with Gasteiger partial charge in [-0.25, -0.2) is 13.2 Å². The Balaban J connectivity index is 0.000000361. The first kappa shape index (κ1) is 32.0. The van der Waals surface area contributed by atoms with Gasteiger partial charge in [0.25, 0.3) is 0 Å². The van der Waals surface area contributed by atoms with Gasteiger partial charge in [-0.15, -0.1) is 12.6 Å². The number of aromatic nitrogens is 3. The summed E-state index contributed by atoms with van der Waals surface area (Å²) >= 11 is 4.32. The van der Waals surface area contributed by atoms with Crippen LogP contribution in [0.5, 0.6) is 6.01 Å². The lowest BCUT2D eigenvalue weighted by molar-refractivity contribution is -0.125. The van der Waals surface area contributed by atoms with Gasteiger partial charge in [0.1, 0.15) is 29.0 Å². The predicted molar refractivity (Wildman–Crippen MR) is 168 cm³/mol. The molecule has 1 unspecified atom stereocenters. The van der Waals surface area contributed by atoms with E-state index in [2.05, 4.69) is 39.5 Å². The van der Waals surface area contributed by atoms with Crippen LogP contribution in [0.15, 0.2) is 35.9 Å². The molecule has 1 spiro atoms. The number of alkyl halides is 1. The Morgan fingerprint density at radius 2 is 2.05 bits per heavy atom. The molecule has 1 atom stereocenters. The maximum absolute atomic E-state index is 16.0. The highest BCUT2D eigenvalue weighted by atomic mass is 32.1. The summed E-state index contributed by atoms with van der Waals surface area (Å²) < 4.78 is 47.8. The van der Waals surface area contributed by atoms with Crippen LogP contribution < -0.4 is 15.0 Å². The van der Waals surface area contributed by atoms with Gasteiger partial charge < -0.3 is 19.9 Å². The quantitative estimate of drug-likeness (QED) is 0.262. The van der Waals surface area contributed by atoms with E-state index < -0.39 is 17.8 Å². The second kappa shape index (κ2) is 12.9. The summed E-state index contributed by atoms with van der Waals surface area (Å²) in [6, 6.07) is 2.73. The third-order valence-electron chi connectivity index (χ3n) is 8.91. The number of rotatable bonds is 6. The van der Waals surface area contributed by atoms with Crippen LogP contribution in [-0.4, -0.2) is 77.3 Å². The fraction of sp³-hybridized carbons (Fsp3) is 0.500. The number of methoxy groups -OCH3 is 1. The fourth-order valence-electron chi connectivity index (χ4n) is 6.51. The number of likely N-dealkylation sites (tertiary alicyclic amines) is 1. The van der Waals surface area contributed by atoms with Crippen molar-refractivity contribution in [2.24, 2.45) is 0 Å². The SMILES string of the molecule is C=CC(=O)N1CCC(N(C)c2nc(OC)nc3c(F)c(-c4ccc(F)c(S)c4C(C)C)ncc23)C1.FC1CC2(CCCN2)C1. The number of nitrogens with one attached hydrogen (secondary N) is 1. The second-order valence-electron chi connectivity index (χ2n) is 12.1. The van der Waals surface area contributed by atoms with E-state index in [-0.39, 0.29) is 45.5 Å². The zero-order chi connectivity index (χ0) is 31.8. The molecule has 44 heavy (non-hydrogen) atoms. The van der Waals surface area contributed by atoms with Crippen LogP contribution in [0, 0.1) is 11.6 Å². The lowest BCUT2D eigenvalue weighted by atomic mass is 9.74. The number of carbonyl (C=O) groups excluding carboxylic acids is 1. The largest absolute Gasteiger partial charge is 0.467 e. The molecule has 1 N–H and O–H groups in total. The van der Waals surface area contributed by atoms with E-state index >= 15 is 4.39 Å². The number of ether oxygens (including phenoxy) is 1. The van der Waals surface area contributed by atoms with Gasteiger partial charge in [0.2, 0.25) is 5.91 Å². The van der Waals surface area contributed by atoms with Crippen molar-refractivity contribution in [1.29, 1.82) is 0 Å². The van der Waals surface area contributed by atoms with Crippen molar-refractivity contribution in [2.75, 3.05) is 38.7 Å². The van der Waals surface area contributed by atoms with E-state index in [0.29, 0.717) is 35.4 Å². The first-order chi connectivity index (χ1) is 21.0. The van der Waals surface area contributed by atoms with Crippen LogP contribution in [0.2, 0.25) is 0 Å². The lowest BCUT2D eigenvalue weighted by Crippen LogP contribution is -2.52. The molecule has 6 rings (SSSR count). The van der Waals surface area contributed by atoms with E-state index in [1.54, 1.807) is 4.90 Å². The Bertz CT molecular complexity index is 1560. The molecule has 1 aromatic carbocycles. The topological polar surface area (TPSA) is 83.5 Å². The Morgan fingerprint density at radius 1 is 1.30 bits per heavy atom. The molecule has 8 nitrogen and oxygen atoms in total. The van der Waals surface area contributed by atoms with Gasteiger partial charge in [0.15, 0.2) is 5.82 Å². The zero-order valence-corrected chi connectivity index (χ0v) is 26.4. The summed E-state index contributed by atoms with van der Waals surface area (Å²) in [4.78, 5) is 29.0. The van der Waals surface area contributed by atoms with Gasteiger partial charge in [-0.2, -0.15) is 9.97 Å². The summed E-state index contributed by atoms with van der Waals surface area (Å²) in [5.74, 6) is -0.937. The minimum Gasteiger partial charge on any atom is -0.467 e. The highest BCUT2D eigenvalue weighted by Crippen LogP contribution is 2.41. The molecule has 12 heteroatoms. The van der Waals surface area contributed by atoms with Crippen molar-refractivity contribution >= 4 is 35.3 Å². The molecule has 3 aliphatic rings. The summed E-state index contributed by atoms with van der Waals surface area (Å²) in [6.07, 6.45) is 7.02. The van der Waals surface area contributed by atoms with E-state index in [4.69, 9.17) is 4.74 Å². The van der Waals surface area contributed by atoms with Crippen molar-refractivity contribution in [3.8, 4) is 17.3 Å². The number of halogens is 3. The number of benzene rings is 1. The monoisotopic (exact) mass is 628 g/mol. The third-order valence-corrected chi connectivity index (χ3v) is 9.37. The number of likely N-dealkylation sites (N-methyl/N-ethyl adjacent to an activating group) is 1. The van der Waals surface area contributed by atoms with Crippen LogP contribution in [0.3, 0.4) is 0 Å². The Kier molecular flexibility index (Phi) is 9.41. The first-order valence-electron chi connectivity index (χ1n) is 14.9. The normalized spacial score (nSPS) is 22.6. The molecular weight excluding hydrogens is 589 g/mol. The average molecular weight is 629 g/mol. The van der Waals surface area contributed by atoms with Crippen LogP contribution in [0.1, 0.15) is 57.4 Å². The van der Waals surface area contributed by atoms with E-state index in [0.717, 1.165) is 25.8 Å². The molecule has 0 radical (unpaired) electrons. The summed E-state index contributed by atoms with van der Waals surface area (Å²) in [6.45, 7) is 9.50. The molecule has 4 heterocycles. The van der Waals surface area contributed by atoms with Crippen molar-refractivity contribution in [1.82, 2.24) is 25.2 Å². The number of amides is 1. The fourth-order valence-corrected chi connectivity index (χ4v) is 6.96. The number of hydrogen-bond acceptors (Lipinski definition) is 8. The van der Waals surface area contributed by atoms with Crippen LogP contribution >= 0.6 is 12.6 Å². The van der Waals surface area contributed by atoms with Gasteiger partial charge in [0.05, 0.1) is 12.5 Å². The zero-order valence-electron chi connectivity index (χ0n) is 25.5. The Morgan fingerprint density at radius 3 is 2.66 bits per heavy atom. The number of anilines is 1. The molecule has 3 aromatic rings. The third kappa shape index (κ3) is 6.10. The van der Waals surface area contributed by atoms with E-state index in [9.17, 15) is 13.6 Å². The van der Waals surface area contributed by atoms with Crippen LogP contribution in [0.4, 0.5) is 19.0 Å². The van der Waals surface area contributed by atoms with Crippen LogP contribution in [0.25, 0.3) is 22.2 Å². The highest BCUT2D eigenvalue weighted by Gasteiger charge is 2.45. The average Bonchev–Trinajstić information content (AvgIpc) is 3.69. The summed E-state index contributed by atoms with van der Waals surface area (Å²) in [5.41, 5.74) is 1.37. The number of hydrogen-bond donors (Lipinski definition) is 2. The molecule has 3 fully saturated rings. The standard InChI is InChI=1S/C25H27F2N5O2S.C7H12FN/c1-6-18(33)32-10-9-14(12-32)31(4)24-16-11-28-21(20(27)22(16)29-25(30-24)34-5)15-7-8-17(26)23(35)19(15)13(2)3;8-6-4-7(5-6)2-1-3-9-7/h6-8,11,13-14,35H,1,9-10,12H2,2-5H3;6,9H,1-5H2. The summed E-state index contributed by atoms with van der Waals surface area (Å²) in [5, 5.41) is 3.76. The number of carbonyl (C=O) groups is 1. The Labute approximate surface area is 261 Å². The van der Waals surface area contributed by atoms with Gasteiger partial charge >= 0.3 is 6.01 Å². The van der Waals surface area contributed by atoms with E-state index in [1.807, 2.05) is 25.8 Å². The molecule has 1 amide bonds. The maximum Gasteiger partial charge on any atom is 0.318 e.